The number of methoxy groups -OCH3 is 2. The number of benzene rings is 1. The maximum Gasteiger partial charge on any atom is 0.269 e. The summed E-state index contributed by atoms with van der Waals surface area (Å²) in [7, 11) is 3.12. The Morgan fingerprint density at radius 2 is 2.08 bits per heavy atom. The van der Waals surface area contributed by atoms with E-state index in [1.165, 1.54) is 6.20 Å². The number of aromatic nitrogens is 2. The third-order valence-corrected chi connectivity index (χ3v) is 3.08. The van der Waals surface area contributed by atoms with Crippen molar-refractivity contribution < 1.29 is 14.3 Å². The number of guanidine groups is 1. The molecule has 0 aliphatic rings. The molecular weight excluding hydrogens is 312 g/mol. The van der Waals surface area contributed by atoms with E-state index in [2.05, 4.69) is 25.8 Å². The molecule has 0 aliphatic heterocycles. The molecular formula is C15H20N6O3. The molecule has 9 nitrogen and oxygen atoms in total. The van der Waals surface area contributed by atoms with Gasteiger partial charge in [-0.3, -0.25) is 14.9 Å². The highest BCUT2D eigenvalue weighted by atomic mass is 16.5. The lowest BCUT2D eigenvalue weighted by Crippen LogP contribution is -2.28. The van der Waals surface area contributed by atoms with E-state index in [4.69, 9.17) is 15.2 Å². The van der Waals surface area contributed by atoms with Gasteiger partial charge in [0.2, 0.25) is 0 Å². The molecule has 0 fully saturated rings. The summed E-state index contributed by atoms with van der Waals surface area (Å²) in [5.41, 5.74) is 6.93. The number of nitrogens with zero attached hydrogens (tertiary/aromatic N) is 2. The van der Waals surface area contributed by atoms with Crippen molar-refractivity contribution in [3.63, 3.8) is 0 Å². The zero-order valence-corrected chi connectivity index (χ0v) is 13.5. The van der Waals surface area contributed by atoms with E-state index < -0.39 is 0 Å². The van der Waals surface area contributed by atoms with Crippen LogP contribution in [0.4, 0.5) is 5.69 Å². The molecule has 1 aromatic carbocycles. The Morgan fingerprint density at radius 1 is 1.29 bits per heavy atom. The number of aliphatic imine (C=N–C) groups is 1. The number of anilines is 1. The number of carbonyl (C=O) groups excluding carboxylic acids is 1. The van der Waals surface area contributed by atoms with Crippen LogP contribution in [-0.2, 0) is 0 Å². The fourth-order valence-electron chi connectivity index (χ4n) is 1.92. The summed E-state index contributed by atoms with van der Waals surface area (Å²) in [6, 6.07) is 6.90. The van der Waals surface area contributed by atoms with Gasteiger partial charge < -0.3 is 25.8 Å². The van der Waals surface area contributed by atoms with E-state index >= 15 is 0 Å². The molecule has 0 aliphatic carbocycles. The van der Waals surface area contributed by atoms with Crippen LogP contribution in [0.25, 0.3) is 0 Å². The van der Waals surface area contributed by atoms with Crippen LogP contribution in [0.3, 0.4) is 0 Å². The molecule has 2 aromatic rings. The number of ether oxygens (including phenoxy) is 2. The molecule has 2 rings (SSSR count). The Morgan fingerprint density at radius 3 is 2.75 bits per heavy atom. The number of hydrogen-bond donors (Lipinski definition) is 4. The average molecular weight is 332 g/mol. The number of nitrogens with one attached hydrogen (secondary N) is 3. The number of hydrogen-bond acceptors (Lipinski definition) is 5. The minimum atomic E-state index is -0.242. The Kier molecular flexibility index (Phi) is 6.01. The normalized spacial score (nSPS) is 11.0. The monoisotopic (exact) mass is 332 g/mol. The second kappa shape index (κ2) is 8.42. The molecule has 0 bridgehead atoms. The summed E-state index contributed by atoms with van der Waals surface area (Å²) in [6.07, 6.45) is 1.51. The summed E-state index contributed by atoms with van der Waals surface area (Å²) < 4.78 is 10.4. The molecule has 0 radical (unpaired) electrons. The summed E-state index contributed by atoms with van der Waals surface area (Å²) in [5, 5.41) is 11.9. The van der Waals surface area contributed by atoms with E-state index in [1.807, 2.05) is 0 Å². The quantitative estimate of drug-likeness (QED) is 0.334. The lowest BCUT2D eigenvalue weighted by atomic mass is 10.3. The number of H-pyrrole nitrogens is 1. The van der Waals surface area contributed by atoms with Crippen molar-refractivity contribution >= 4 is 17.6 Å². The molecule has 0 saturated carbocycles. The highest BCUT2D eigenvalue weighted by molar-refractivity contribution is 5.93. The molecule has 0 atom stereocenters. The molecule has 0 unspecified atom stereocenters. The number of amides is 1. The number of aromatic amines is 1. The van der Waals surface area contributed by atoms with Crippen LogP contribution >= 0.6 is 0 Å². The van der Waals surface area contributed by atoms with Gasteiger partial charge in [-0.15, -0.1) is 0 Å². The summed E-state index contributed by atoms with van der Waals surface area (Å²) in [5.74, 6) is 1.20. The summed E-state index contributed by atoms with van der Waals surface area (Å²) in [6.45, 7) is 0.693. The van der Waals surface area contributed by atoms with Gasteiger partial charge in [-0.1, -0.05) is 0 Å². The van der Waals surface area contributed by atoms with E-state index in [-0.39, 0.29) is 11.9 Å². The first-order chi connectivity index (χ1) is 11.6. The Balaban J connectivity index is 1.82. The topological polar surface area (TPSA) is 127 Å². The SMILES string of the molecule is COc1ccc(NC(N)=NCCNC(=O)c2ccn[nH]2)cc1OC. The molecule has 1 aromatic heterocycles. The fourth-order valence-corrected chi connectivity index (χ4v) is 1.92. The minimum absolute atomic E-state index is 0.234. The molecule has 5 N–H and O–H groups in total. The summed E-state index contributed by atoms with van der Waals surface area (Å²) in [4.78, 5) is 15.8. The van der Waals surface area contributed by atoms with Crippen molar-refractivity contribution in [1.82, 2.24) is 15.5 Å². The number of nitrogens with two attached hydrogens (primary N) is 1. The first kappa shape index (κ1) is 17.1. The smallest absolute Gasteiger partial charge is 0.269 e. The van der Waals surface area contributed by atoms with Gasteiger partial charge in [0.15, 0.2) is 17.5 Å². The molecule has 0 saturated heterocycles. The molecule has 128 valence electrons. The van der Waals surface area contributed by atoms with Crippen molar-refractivity contribution in [2.75, 3.05) is 32.6 Å². The maximum absolute atomic E-state index is 11.7. The first-order valence-corrected chi connectivity index (χ1v) is 7.20. The second-order valence-electron chi connectivity index (χ2n) is 4.69. The minimum Gasteiger partial charge on any atom is -0.493 e. The zero-order valence-electron chi connectivity index (χ0n) is 13.5. The molecule has 0 spiro atoms. The van der Waals surface area contributed by atoms with Crippen LogP contribution in [0.5, 0.6) is 11.5 Å². The van der Waals surface area contributed by atoms with Crippen LogP contribution in [0.2, 0.25) is 0 Å². The third-order valence-electron chi connectivity index (χ3n) is 3.08. The predicted octanol–water partition coefficient (Wildman–Crippen LogP) is 0.583. The van der Waals surface area contributed by atoms with Crippen LogP contribution in [0.1, 0.15) is 10.5 Å². The molecule has 1 heterocycles. The molecule has 24 heavy (non-hydrogen) atoms. The average Bonchev–Trinajstić information content (AvgIpc) is 3.13. The van der Waals surface area contributed by atoms with E-state index in [1.54, 1.807) is 38.5 Å². The van der Waals surface area contributed by atoms with Crippen molar-refractivity contribution in [1.29, 1.82) is 0 Å². The standard InChI is InChI=1S/C15H20N6O3/c1-23-12-4-3-10(9-13(12)24-2)20-15(16)18-8-7-17-14(22)11-5-6-19-21-11/h3-6,9H,7-8H2,1-2H3,(H,17,22)(H,19,21)(H3,16,18,20). The largest absolute Gasteiger partial charge is 0.493 e. The van der Waals surface area contributed by atoms with Crippen LogP contribution in [0, 0.1) is 0 Å². The lowest BCUT2D eigenvalue weighted by Gasteiger charge is -2.11. The lowest BCUT2D eigenvalue weighted by molar-refractivity contribution is 0.0950. The maximum atomic E-state index is 11.7. The van der Waals surface area contributed by atoms with Gasteiger partial charge >= 0.3 is 0 Å². The molecule has 9 heteroatoms. The highest BCUT2D eigenvalue weighted by Gasteiger charge is 2.06. The second-order valence-corrected chi connectivity index (χ2v) is 4.69. The van der Waals surface area contributed by atoms with E-state index in [0.29, 0.717) is 30.3 Å². The van der Waals surface area contributed by atoms with Crippen LogP contribution in [-0.4, -0.2) is 49.4 Å². The fraction of sp³-hybridized carbons (Fsp3) is 0.267. The Hall–Kier alpha value is -3.23. The van der Waals surface area contributed by atoms with Crippen molar-refractivity contribution in [2.45, 2.75) is 0 Å². The van der Waals surface area contributed by atoms with E-state index in [9.17, 15) is 4.79 Å². The van der Waals surface area contributed by atoms with Crippen molar-refractivity contribution in [2.24, 2.45) is 10.7 Å². The van der Waals surface area contributed by atoms with Crippen molar-refractivity contribution in [3.8, 4) is 11.5 Å². The number of carbonyl (C=O) groups is 1. The zero-order chi connectivity index (χ0) is 17.4. The summed E-state index contributed by atoms with van der Waals surface area (Å²) >= 11 is 0. The number of rotatable bonds is 7. The van der Waals surface area contributed by atoms with Crippen molar-refractivity contribution in [3.05, 3.63) is 36.2 Å². The van der Waals surface area contributed by atoms with E-state index in [0.717, 1.165) is 5.69 Å². The molecule has 1 amide bonds. The van der Waals surface area contributed by atoms with Gasteiger partial charge in [0.05, 0.1) is 20.8 Å². The predicted molar refractivity (Wildman–Crippen MR) is 90.6 cm³/mol. The van der Waals surface area contributed by atoms with Gasteiger partial charge in [0, 0.05) is 24.5 Å². The van der Waals surface area contributed by atoms with Gasteiger partial charge in [-0.25, -0.2) is 0 Å². The first-order valence-electron chi connectivity index (χ1n) is 7.20. The van der Waals surface area contributed by atoms with Gasteiger partial charge in [0.1, 0.15) is 5.69 Å². The van der Waals surface area contributed by atoms with Crippen LogP contribution in [0.15, 0.2) is 35.5 Å². The van der Waals surface area contributed by atoms with Gasteiger partial charge in [-0.2, -0.15) is 5.10 Å². The van der Waals surface area contributed by atoms with Gasteiger partial charge in [0.25, 0.3) is 5.91 Å². The third kappa shape index (κ3) is 4.63. The van der Waals surface area contributed by atoms with Crippen LogP contribution < -0.4 is 25.8 Å². The van der Waals surface area contributed by atoms with Gasteiger partial charge in [-0.05, 0) is 18.2 Å². The Labute approximate surface area is 139 Å². The Bertz CT molecular complexity index is 699. The highest BCUT2D eigenvalue weighted by Crippen LogP contribution is 2.29.